The molecule has 1 saturated heterocycles. The van der Waals surface area contributed by atoms with Crippen LogP contribution in [0.25, 0.3) is 22.0 Å². The van der Waals surface area contributed by atoms with E-state index in [-0.39, 0.29) is 35.9 Å². The van der Waals surface area contributed by atoms with Gasteiger partial charge in [-0.2, -0.15) is 0 Å². The molecular weight excluding hydrogens is 546 g/mol. The molecule has 7 rings (SSSR count). The molecule has 5 aromatic rings. The lowest BCUT2D eigenvalue weighted by atomic mass is 9.92. The number of nitrogens with zero attached hydrogens (tertiary/aromatic N) is 2. The number of allylic oxidation sites excluding steroid dienone is 1. The van der Waals surface area contributed by atoms with Crippen molar-refractivity contribution in [1.29, 1.82) is 0 Å². The van der Waals surface area contributed by atoms with Crippen molar-refractivity contribution in [2.45, 2.75) is 50.7 Å². The van der Waals surface area contributed by atoms with Gasteiger partial charge in [-0.25, -0.2) is 4.79 Å². The van der Waals surface area contributed by atoms with Crippen LogP contribution in [0.1, 0.15) is 47.9 Å². The number of amides is 1. The van der Waals surface area contributed by atoms with Crippen LogP contribution in [0.2, 0.25) is 0 Å². The SMILES string of the molecule is O=C(C1=C[C@H](c2coc3ccccc23)C[C@H](OCc2ccc(CO)cc2)O1)N1CCC(n2c(=O)[nH]c3ccccc32)CC1. The molecule has 0 bridgehead atoms. The molecule has 0 spiro atoms. The van der Waals surface area contributed by atoms with Crippen molar-refractivity contribution in [3.05, 3.63) is 118 Å². The van der Waals surface area contributed by atoms with E-state index in [4.69, 9.17) is 13.9 Å². The number of nitrogens with one attached hydrogen (secondary N) is 1. The van der Waals surface area contributed by atoms with Crippen LogP contribution in [0.3, 0.4) is 0 Å². The molecule has 2 aliphatic heterocycles. The molecule has 2 aliphatic rings. The first-order chi connectivity index (χ1) is 21.1. The van der Waals surface area contributed by atoms with Crippen LogP contribution in [0, 0.1) is 0 Å². The standard InChI is InChI=1S/C34H33N3O6/c38-19-22-9-11-23(12-10-22)20-42-32-18-24(27-21-41-30-8-4-1-5-26(27)30)17-31(43-32)33(39)36-15-13-25(14-16-36)37-29-7-3-2-6-28(29)35-34(37)40/h1-12,17,21,24-25,32,38H,13-16,18-20H2,(H,35,40)/t24-,32+/m0/s1. The van der Waals surface area contributed by atoms with E-state index in [0.29, 0.717) is 39.0 Å². The first-order valence-corrected chi connectivity index (χ1v) is 14.7. The summed E-state index contributed by atoms with van der Waals surface area (Å²) in [7, 11) is 0. The van der Waals surface area contributed by atoms with Gasteiger partial charge in [0.25, 0.3) is 5.91 Å². The van der Waals surface area contributed by atoms with E-state index < -0.39 is 6.29 Å². The zero-order valence-electron chi connectivity index (χ0n) is 23.6. The van der Waals surface area contributed by atoms with E-state index in [1.54, 1.807) is 6.26 Å². The van der Waals surface area contributed by atoms with Gasteiger partial charge in [-0.05, 0) is 48.2 Å². The minimum absolute atomic E-state index is 0.00676. The molecule has 0 radical (unpaired) electrons. The second kappa shape index (κ2) is 11.6. The van der Waals surface area contributed by atoms with E-state index >= 15 is 0 Å². The van der Waals surface area contributed by atoms with Gasteiger partial charge in [0.15, 0.2) is 5.76 Å². The third-order valence-corrected chi connectivity index (χ3v) is 8.56. The highest BCUT2D eigenvalue weighted by atomic mass is 16.7. The van der Waals surface area contributed by atoms with E-state index in [1.807, 2.05) is 88.3 Å². The van der Waals surface area contributed by atoms with Crippen molar-refractivity contribution >= 4 is 27.9 Å². The number of ether oxygens (including phenoxy) is 2. The van der Waals surface area contributed by atoms with Crippen LogP contribution in [-0.4, -0.2) is 44.8 Å². The Hall–Kier alpha value is -4.60. The smallest absolute Gasteiger partial charge is 0.326 e. The molecule has 3 aromatic carbocycles. The number of furan rings is 1. The summed E-state index contributed by atoms with van der Waals surface area (Å²) >= 11 is 0. The molecule has 220 valence electrons. The number of fused-ring (bicyclic) bond motifs is 2. The largest absolute Gasteiger partial charge is 0.464 e. The fourth-order valence-corrected chi connectivity index (χ4v) is 6.26. The lowest BCUT2D eigenvalue weighted by molar-refractivity contribution is -0.156. The minimum Gasteiger partial charge on any atom is -0.464 e. The van der Waals surface area contributed by atoms with Crippen molar-refractivity contribution in [2.75, 3.05) is 13.1 Å². The lowest BCUT2D eigenvalue weighted by Crippen LogP contribution is -2.42. The number of aliphatic hydroxyl groups excluding tert-OH is 1. The number of piperidine rings is 1. The number of aromatic amines is 1. The van der Waals surface area contributed by atoms with Gasteiger partial charge < -0.3 is 28.9 Å². The molecule has 0 aliphatic carbocycles. The van der Waals surface area contributed by atoms with E-state index in [1.165, 1.54) is 0 Å². The van der Waals surface area contributed by atoms with Crippen molar-refractivity contribution in [3.8, 4) is 0 Å². The number of hydrogen-bond acceptors (Lipinski definition) is 6. The van der Waals surface area contributed by atoms with Crippen LogP contribution in [-0.2, 0) is 27.5 Å². The van der Waals surface area contributed by atoms with Gasteiger partial charge in [-0.3, -0.25) is 9.36 Å². The Bertz CT molecular complexity index is 1840. The molecule has 1 amide bonds. The summed E-state index contributed by atoms with van der Waals surface area (Å²) in [6, 6.07) is 23.1. The number of rotatable bonds is 7. The number of imidazole rings is 1. The quantitative estimate of drug-likeness (QED) is 0.269. The number of aliphatic hydroxyl groups is 1. The van der Waals surface area contributed by atoms with E-state index in [0.717, 1.165) is 38.7 Å². The zero-order valence-corrected chi connectivity index (χ0v) is 23.6. The number of H-pyrrole nitrogens is 1. The summed E-state index contributed by atoms with van der Waals surface area (Å²) in [5.41, 5.74) is 5.15. The van der Waals surface area contributed by atoms with Gasteiger partial charge in [-0.1, -0.05) is 54.6 Å². The molecule has 2 atom stereocenters. The maximum absolute atomic E-state index is 13.8. The Kier molecular flexibility index (Phi) is 7.34. The van der Waals surface area contributed by atoms with Gasteiger partial charge in [0, 0.05) is 42.4 Å². The Morgan fingerprint density at radius 1 is 0.977 bits per heavy atom. The maximum atomic E-state index is 13.8. The van der Waals surface area contributed by atoms with Crippen LogP contribution in [0.4, 0.5) is 0 Å². The molecule has 9 nitrogen and oxygen atoms in total. The summed E-state index contributed by atoms with van der Waals surface area (Å²) in [5.74, 6) is -0.0477. The van der Waals surface area contributed by atoms with Crippen molar-refractivity contribution in [1.82, 2.24) is 14.5 Å². The molecule has 0 saturated carbocycles. The predicted molar refractivity (Wildman–Crippen MR) is 161 cm³/mol. The number of aromatic nitrogens is 2. The van der Waals surface area contributed by atoms with Crippen molar-refractivity contribution in [3.63, 3.8) is 0 Å². The molecule has 2 aromatic heterocycles. The molecule has 2 N–H and O–H groups in total. The van der Waals surface area contributed by atoms with Gasteiger partial charge >= 0.3 is 5.69 Å². The van der Waals surface area contributed by atoms with Crippen LogP contribution in [0.5, 0.6) is 0 Å². The average molecular weight is 580 g/mol. The van der Waals surface area contributed by atoms with E-state index in [2.05, 4.69) is 4.98 Å². The Morgan fingerprint density at radius 2 is 1.72 bits per heavy atom. The third-order valence-electron chi connectivity index (χ3n) is 8.56. The first kappa shape index (κ1) is 27.2. The summed E-state index contributed by atoms with van der Waals surface area (Å²) in [6.07, 6.45) is 4.88. The first-order valence-electron chi connectivity index (χ1n) is 14.7. The monoisotopic (exact) mass is 579 g/mol. The number of likely N-dealkylation sites (tertiary alicyclic amines) is 1. The summed E-state index contributed by atoms with van der Waals surface area (Å²) in [4.78, 5) is 31.3. The van der Waals surface area contributed by atoms with Gasteiger partial charge in [-0.15, -0.1) is 0 Å². The topological polar surface area (TPSA) is 110 Å². The molecular formula is C34H33N3O6. The second-order valence-electron chi connectivity index (χ2n) is 11.2. The van der Waals surface area contributed by atoms with Gasteiger partial charge in [0.2, 0.25) is 6.29 Å². The van der Waals surface area contributed by atoms with Crippen molar-refractivity contribution < 1.29 is 23.8 Å². The Morgan fingerprint density at radius 3 is 2.53 bits per heavy atom. The molecule has 1 fully saturated rings. The fraction of sp³-hybridized carbons (Fsp3) is 0.294. The summed E-state index contributed by atoms with van der Waals surface area (Å²) in [5, 5.41) is 10.3. The van der Waals surface area contributed by atoms with Crippen LogP contribution < -0.4 is 5.69 Å². The Balaban J connectivity index is 1.10. The van der Waals surface area contributed by atoms with Gasteiger partial charge in [0.1, 0.15) is 5.58 Å². The second-order valence-corrected chi connectivity index (χ2v) is 11.2. The molecule has 43 heavy (non-hydrogen) atoms. The fourth-order valence-electron chi connectivity index (χ4n) is 6.26. The third kappa shape index (κ3) is 5.37. The van der Waals surface area contributed by atoms with Gasteiger partial charge in [0.05, 0.1) is 30.5 Å². The highest BCUT2D eigenvalue weighted by molar-refractivity contribution is 5.92. The van der Waals surface area contributed by atoms with E-state index in [9.17, 15) is 14.7 Å². The van der Waals surface area contributed by atoms with Crippen LogP contribution in [0.15, 0.2) is 100 Å². The number of carbonyl (C=O) groups excluding carboxylic acids is 1. The lowest BCUT2D eigenvalue weighted by Gasteiger charge is -2.35. The molecule has 4 heterocycles. The number of para-hydroxylation sites is 3. The zero-order chi connectivity index (χ0) is 29.3. The molecule has 9 heteroatoms. The predicted octanol–water partition coefficient (Wildman–Crippen LogP) is 5.36. The Labute approximate surface area is 247 Å². The number of benzene rings is 3. The van der Waals surface area contributed by atoms with Crippen molar-refractivity contribution in [2.24, 2.45) is 0 Å². The maximum Gasteiger partial charge on any atom is 0.326 e. The number of carbonyl (C=O) groups is 1. The highest BCUT2D eigenvalue weighted by Gasteiger charge is 2.34. The summed E-state index contributed by atoms with van der Waals surface area (Å²) < 4.78 is 20.1. The minimum atomic E-state index is -0.637. The van der Waals surface area contributed by atoms with Crippen LogP contribution >= 0.6 is 0 Å². The molecule has 0 unspecified atom stereocenters. The highest BCUT2D eigenvalue weighted by Crippen LogP contribution is 2.37. The number of hydrogen-bond donors (Lipinski definition) is 2. The normalized spacial score (nSPS) is 19.5. The average Bonchev–Trinajstić information content (AvgIpc) is 3.64. The summed E-state index contributed by atoms with van der Waals surface area (Å²) in [6.45, 7) is 1.32.